The van der Waals surface area contributed by atoms with Gasteiger partial charge in [-0.15, -0.1) is 0 Å². The van der Waals surface area contributed by atoms with Crippen LogP contribution in [0.4, 0.5) is 0 Å². The average molecular weight is 211 g/mol. The monoisotopic (exact) mass is 211 g/mol. The molecule has 3 heteroatoms. The number of rotatable bonds is 6. The van der Waals surface area contributed by atoms with Crippen molar-refractivity contribution in [2.45, 2.75) is 25.7 Å². The third-order valence-corrected chi connectivity index (χ3v) is 3.69. The van der Waals surface area contributed by atoms with E-state index in [1.165, 1.54) is 58.5 Å². The second kappa shape index (κ2) is 5.83. The summed E-state index contributed by atoms with van der Waals surface area (Å²) < 4.78 is 0. The Hall–Kier alpha value is -0.120. The third kappa shape index (κ3) is 4.09. The van der Waals surface area contributed by atoms with Crippen molar-refractivity contribution in [3.05, 3.63) is 0 Å². The fraction of sp³-hybridized carbons (Fsp3) is 1.00. The Morgan fingerprint density at radius 1 is 0.933 bits per heavy atom. The molecule has 0 spiro atoms. The lowest BCUT2D eigenvalue weighted by molar-refractivity contribution is 0.129. The van der Waals surface area contributed by atoms with Gasteiger partial charge in [-0.05, 0) is 38.4 Å². The van der Waals surface area contributed by atoms with Crippen LogP contribution in [-0.4, -0.2) is 55.6 Å². The molecule has 1 saturated heterocycles. The topological polar surface area (TPSA) is 32.5 Å². The first-order valence-electron chi connectivity index (χ1n) is 6.53. The molecule has 1 aliphatic carbocycles. The second-order valence-electron chi connectivity index (χ2n) is 5.06. The highest BCUT2D eigenvalue weighted by atomic mass is 15.3. The average Bonchev–Trinajstić information content (AvgIpc) is 3.09. The van der Waals surface area contributed by atoms with Crippen LogP contribution in [0.3, 0.4) is 0 Å². The zero-order valence-corrected chi connectivity index (χ0v) is 9.83. The van der Waals surface area contributed by atoms with Crippen molar-refractivity contribution in [2.24, 2.45) is 11.7 Å². The van der Waals surface area contributed by atoms with Crippen molar-refractivity contribution in [3.63, 3.8) is 0 Å². The standard InChI is InChI=1S/C12H25N3/c13-5-1-6-14-8-10-15(11-9-14)7-4-12-2-3-12/h12H,1-11,13H2. The first kappa shape index (κ1) is 11.4. The fourth-order valence-corrected chi connectivity index (χ4v) is 2.32. The molecule has 2 rings (SSSR count). The van der Waals surface area contributed by atoms with Gasteiger partial charge in [0.1, 0.15) is 0 Å². The van der Waals surface area contributed by atoms with E-state index in [1.807, 2.05) is 0 Å². The summed E-state index contributed by atoms with van der Waals surface area (Å²) in [5, 5.41) is 0. The minimum Gasteiger partial charge on any atom is -0.330 e. The molecule has 1 saturated carbocycles. The normalized spacial score (nSPS) is 24.6. The van der Waals surface area contributed by atoms with Gasteiger partial charge in [-0.2, -0.15) is 0 Å². The van der Waals surface area contributed by atoms with Gasteiger partial charge in [-0.1, -0.05) is 12.8 Å². The number of hydrogen-bond acceptors (Lipinski definition) is 3. The largest absolute Gasteiger partial charge is 0.330 e. The van der Waals surface area contributed by atoms with E-state index < -0.39 is 0 Å². The molecule has 2 N–H and O–H groups in total. The van der Waals surface area contributed by atoms with Crippen molar-refractivity contribution < 1.29 is 0 Å². The van der Waals surface area contributed by atoms with Crippen molar-refractivity contribution in [1.29, 1.82) is 0 Å². The van der Waals surface area contributed by atoms with E-state index in [4.69, 9.17) is 5.73 Å². The summed E-state index contributed by atoms with van der Waals surface area (Å²) in [4.78, 5) is 5.19. The minimum absolute atomic E-state index is 0.835. The van der Waals surface area contributed by atoms with E-state index >= 15 is 0 Å². The van der Waals surface area contributed by atoms with Gasteiger partial charge in [-0.25, -0.2) is 0 Å². The molecule has 15 heavy (non-hydrogen) atoms. The lowest BCUT2D eigenvalue weighted by Gasteiger charge is -2.34. The van der Waals surface area contributed by atoms with Crippen molar-refractivity contribution >= 4 is 0 Å². The first-order valence-corrected chi connectivity index (χ1v) is 6.53. The van der Waals surface area contributed by atoms with Gasteiger partial charge in [0.2, 0.25) is 0 Å². The molecular weight excluding hydrogens is 186 g/mol. The molecule has 0 aromatic heterocycles. The first-order chi connectivity index (χ1) is 7.38. The molecule has 0 unspecified atom stereocenters. The zero-order chi connectivity index (χ0) is 10.5. The molecule has 1 aliphatic heterocycles. The van der Waals surface area contributed by atoms with Crippen LogP contribution in [0.2, 0.25) is 0 Å². The van der Waals surface area contributed by atoms with Gasteiger partial charge in [0.25, 0.3) is 0 Å². The maximum Gasteiger partial charge on any atom is 0.0110 e. The highest BCUT2D eigenvalue weighted by molar-refractivity contribution is 4.77. The van der Waals surface area contributed by atoms with Crippen LogP contribution < -0.4 is 5.73 Å². The lowest BCUT2D eigenvalue weighted by Crippen LogP contribution is -2.47. The van der Waals surface area contributed by atoms with Gasteiger partial charge < -0.3 is 15.5 Å². The highest BCUT2D eigenvalue weighted by Gasteiger charge is 2.23. The smallest absolute Gasteiger partial charge is 0.0110 e. The van der Waals surface area contributed by atoms with Crippen LogP contribution in [0, 0.1) is 5.92 Å². The van der Waals surface area contributed by atoms with Gasteiger partial charge >= 0.3 is 0 Å². The predicted molar refractivity (Wildman–Crippen MR) is 63.9 cm³/mol. The summed E-state index contributed by atoms with van der Waals surface area (Å²) in [5.41, 5.74) is 5.52. The summed E-state index contributed by atoms with van der Waals surface area (Å²) in [6.07, 6.45) is 5.60. The van der Waals surface area contributed by atoms with Gasteiger partial charge in [0, 0.05) is 26.2 Å². The molecule has 0 aromatic rings. The SMILES string of the molecule is NCCCN1CCN(CCC2CC2)CC1. The summed E-state index contributed by atoms with van der Waals surface area (Å²) in [5.74, 6) is 1.08. The van der Waals surface area contributed by atoms with Crippen molar-refractivity contribution in [1.82, 2.24) is 9.80 Å². The maximum absolute atomic E-state index is 5.52. The van der Waals surface area contributed by atoms with Crippen molar-refractivity contribution in [3.8, 4) is 0 Å². The maximum atomic E-state index is 5.52. The summed E-state index contributed by atoms with van der Waals surface area (Å²) in [6, 6.07) is 0. The van der Waals surface area contributed by atoms with Gasteiger partial charge in [0.05, 0.1) is 0 Å². The highest BCUT2D eigenvalue weighted by Crippen LogP contribution is 2.32. The molecular formula is C12H25N3. The van der Waals surface area contributed by atoms with E-state index in [2.05, 4.69) is 9.80 Å². The van der Waals surface area contributed by atoms with E-state index in [-0.39, 0.29) is 0 Å². The quantitative estimate of drug-likeness (QED) is 0.704. The molecule has 0 aromatic carbocycles. The van der Waals surface area contributed by atoms with Crippen LogP contribution in [0.5, 0.6) is 0 Å². The van der Waals surface area contributed by atoms with E-state index in [1.54, 1.807) is 0 Å². The Balaban J connectivity index is 1.54. The molecule has 0 bridgehead atoms. The summed E-state index contributed by atoms with van der Waals surface area (Å²) >= 11 is 0. The van der Waals surface area contributed by atoms with E-state index in [9.17, 15) is 0 Å². The zero-order valence-electron chi connectivity index (χ0n) is 9.83. The molecule has 0 radical (unpaired) electrons. The molecule has 1 heterocycles. The van der Waals surface area contributed by atoms with Crippen molar-refractivity contribution in [2.75, 3.05) is 45.8 Å². The number of nitrogens with two attached hydrogens (primary N) is 1. The third-order valence-electron chi connectivity index (χ3n) is 3.69. The van der Waals surface area contributed by atoms with Crippen LogP contribution in [0.1, 0.15) is 25.7 Å². The molecule has 0 amide bonds. The Labute approximate surface area is 93.6 Å². The van der Waals surface area contributed by atoms with Crippen LogP contribution >= 0.6 is 0 Å². The molecule has 88 valence electrons. The van der Waals surface area contributed by atoms with Crippen LogP contribution in [0.25, 0.3) is 0 Å². The Kier molecular flexibility index (Phi) is 4.42. The summed E-state index contributed by atoms with van der Waals surface area (Å²) in [6.45, 7) is 8.44. The molecule has 3 nitrogen and oxygen atoms in total. The molecule has 2 aliphatic rings. The number of piperazine rings is 1. The molecule has 2 fully saturated rings. The second-order valence-corrected chi connectivity index (χ2v) is 5.06. The lowest BCUT2D eigenvalue weighted by atomic mass is 10.2. The molecule has 0 atom stereocenters. The van der Waals surface area contributed by atoms with Crippen LogP contribution in [-0.2, 0) is 0 Å². The number of nitrogens with zero attached hydrogens (tertiary/aromatic N) is 2. The van der Waals surface area contributed by atoms with Crippen LogP contribution in [0.15, 0.2) is 0 Å². The Morgan fingerprint density at radius 2 is 1.53 bits per heavy atom. The van der Waals surface area contributed by atoms with Gasteiger partial charge in [-0.3, -0.25) is 0 Å². The number of hydrogen-bond donors (Lipinski definition) is 1. The minimum atomic E-state index is 0.835. The Morgan fingerprint density at radius 3 is 2.07 bits per heavy atom. The van der Waals surface area contributed by atoms with E-state index in [0.29, 0.717) is 0 Å². The summed E-state index contributed by atoms with van der Waals surface area (Å²) in [7, 11) is 0. The predicted octanol–water partition coefficient (Wildman–Crippen LogP) is 0.753. The Bertz CT molecular complexity index is 172. The fourth-order valence-electron chi connectivity index (χ4n) is 2.32. The van der Waals surface area contributed by atoms with E-state index in [0.717, 1.165) is 18.9 Å². The van der Waals surface area contributed by atoms with Gasteiger partial charge in [0.15, 0.2) is 0 Å².